The molecular formula is C16H20Cl2N2O2. The molecule has 2 rings (SSSR count). The minimum absolute atomic E-state index is 0.0445. The number of carbonyl (C=O) groups excluding carboxylic acids is 2. The zero-order valence-electron chi connectivity index (χ0n) is 12.6. The van der Waals surface area contributed by atoms with E-state index in [0.717, 1.165) is 25.7 Å². The number of amides is 2. The predicted octanol–water partition coefficient (Wildman–Crippen LogP) is 4.11. The van der Waals surface area contributed by atoms with Crippen LogP contribution in [0, 0.1) is 0 Å². The van der Waals surface area contributed by atoms with Crippen molar-refractivity contribution < 1.29 is 9.59 Å². The molecule has 0 heterocycles. The van der Waals surface area contributed by atoms with E-state index >= 15 is 0 Å². The molecule has 0 aromatic heterocycles. The number of halogens is 2. The Kier molecular flexibility index (Phi) is 6.09. The third-order valence-corrected chi connectivity index (χ3v) is 4.50. The Morgan fingerprint density at radius 3 is 2.55 bits per heavy atom. The molecule has 120 valence electrons. The van der Waals surface area contributed by atoms with Crippen LogP contribution >= 0.6 is 23.2 Å². The Bertz CT molecular complexity index is 557. The quantitative estimate of drug-likeness (QED) is 0.894. The maximum Gasteiger partial charge on any atom is 0.244 e. The standard InChI is InChI=1S/C16H20Cl2N2O2/c1-11(21)20(13-5-3-2-4-6-13)10-16(22)19-15-9-12(17)7-8-14(15)18/h7-9,13H,2-6,10H2,1H3,(H,19,22). The van der Waals surface area contributed by atoms with Crippen molar-refractivity contribution in [1.82, 2.24) is 4.90 Å². The smallest absolute Gasteiger partial charge is 0.244 e. The fourth-order valence-corrected chi connectivity index (χ4v) is 3.16. The molecule has 1 fully saturated rings. The summed E-state index contributed by atoms with van der Waals surface area (Å²) in [6.07, 6.45) is 5.34. The molecule has 0 spiro atoms. The number of hydrogen-bond acceptors (Lipinski definition) is 2. The maximum atomic E-state index is 12.2. The van der Waals surface area contributed by atoms with E-state index in [1.807, 2.05) is 0 Å². The van der Waals surface area contributed by atoms with Crippen LogP contribution in [0.1, 0.15) is 39.0 Å². The van der Waals surface area contributed by atoms with Crippen LogP contribution in [-0.2, 0) is 9.59 Å². The summed E-state index contributed by atoms with van der Waals surface area (Å²) in [5.41, 5.74) is 0.464. The zero-order chi connectivity index (χ0) is 16.1. The molecule has 0 unspecified atom stereocenters. The van der Waals surface area contributed by atoms with Gasteiger partial charge in [-0.3, -0.25) is 9.59 Å². The number of benzene rings is 1. The normalized spacial score (nSPS) is 15.4. The Labute approximate surface area is 140 Å². The van der Waals surface area contributed by atoms with E-state index in [4.69, 9.17) is 23.2 Å². The van der Waals surface area contributed by atoms with Gasteiger partial charge >= 0.3 is 0 Å². The third-order valence-electron chi connectivity index (χ3n) is 3.94. The highest BCUT2D eigenvalue weighted by atomic mass is 35.5. The first-order valence-electron chi connectivity index (χ1n) is 7.49. The van der Waals surface area contributed by atoms with Crippen molar-refractivity contribution in [2.75, 3.05) is 11.9 Å². The molecule has 1 aliphatic rings. The predicted molar refractivity (Wildman–Crippen MR) is 89.4 cm³/mol. The summed E-state index contributed by atoms with van der Waals surface area (Å²) in [5, 5.41) is 3.64. The van der Waals surface area contributed by atoms with Gasteiger partial charge < -0.3 is 10.2 Å². The summed E-state index contributed by atoms with van der Waals surface area (Å²) in [4.78, 5) is 25.7. The first kappa shape index (κ1) is 17.1. The SMILES string of the molecule is CC(=O)N(CC(=O)Nc1cc(Cl)ccc1Cl)C1CCCCC1. The number of anilines is 1. The van der Waals surface area contributed by atoms with Crippen LogP contribution < -0.4 is 5.32 Å². The van der Waals surface area contributed by atoms with Crippen molar-refractivity contribution in [1.29, 1.82) is 0 Å². The van der Waals surface area contributed by atoms with Gasteiger partial charge in [0.15, 0.2) is 0 Å². The van der Waals surface area contributed by atoms with Gasteiger partial charge in [0.2, 0.25) is 11.8 Å². The highest BCUT2D eigenvalue weighted by Gasteiger charge is 2.25. The molecular weight excluding hydrogens is 323 g/mol. The summed E-state index contributed by atoms with van der Waals surface area (Å²) in [6, 6.07) is 5.04. The van der Waals surface area contributed by atoms with E-state index in [-0.39, 0.29) is 24.4 Å². The molecule has 0 saturated heterocycles. The minimum Gasteiger partial charge on any atom is -0.331 e. The molecule has 22 heavy (non-hydrogen) atoms. The average molecular weight is 343 g/mol. The molecule has 1 aliphatic carbocycles. The topological polar surface area (TPSA) is 49.4 Å². The Morgan fingerprint density at radius 2 is 1.91 bits per heavy atom. The van der Waals surface area contributed by atoms with Gasteiger partial charge in [-0.25, -0.2) is 0 Å². The van der Waals surface area contributed by atoms with Crippen LogP contribution in [0.15, 0.2) is 18.2 Å². The first-order chi connectivity index (χ1) is 10.5. The Balaban J connectivity index is 2.01. The van der Waals surface area contributed by atoms with E-state index < -0.39 is 0 Å². The van der Waals surface area contributed by atoms with Gasteiger partial charge in [-0.2, -0.15) is 0 Å². The summed E-state index contributed by atoms with van der Waals surface area (Å²) < 4.78 is 0. The second-order valence-electron chi connectivity index (χ2n) is 5.61. The lowest BCUT2D eigenvalue weighted by Gasteiger charge is -2.33. The molecule has 6 heteroatoms. The van der Waals surface area contributed by atoms with Crippen molar-refractivity contribution in [3.63, 3.8) is 0 Å². The zero-order valence-corrected chi connectivity index (χ0v) is 14.1. The molecule has 0 atom stereocenters. The molecule has 2 amide bonds. The lowest BCUT2D eigenvalue weighted by molar-refractivity contribution is -0.135. The van der Waals surface area contributed by atoms with Crippen LogP contribution in [0.5, 0.6) is 0 Å². The summed E-state index contributed by atoms with van der Waals surface area (Å²) in [6.45, 7) is 1.55. The number of hydrogen-bond donors (Lipinski definition) is 1. The second-order valence-corrected chi connectivity index (χ2v) is 6.45. The van der Waals surface area contributed by atoms with E-state index in [9.17, 15) is 9.59 Å². The highest BCUT2D eigenvalue weighted by Crippen LogP contribution is 2.26. The molecule has 1 saturated carbocycles. The molecule has 1 N–H and O–H groups in total. The number of nitrogens with one attached hydrogen (secondary N) is 1. The molecule has 1 aromatic carbocycles. The van der Waals surface area contributed by atoms with Crippen molar-refractivity contribution >= 4 is 40.7 Å². The number of nitrogens with zero attached hydrogens (tertiary/aromatic N) is 1. The molecule has 1 aromatic rings. The highest BCUT2D eigenvalue weighted by molar-refractivity contribution is 6.35. The number of rotatable bonds is 4. The lowest BCUT2D eigenvalue weighted by atomic mass is 9.94. The van der Waals surface area contributed by atoms with Crippen molar-refractivity contribution in [3.05, 3.63) is 28.2 Å². The Hall–Kier alpha value is -1.26. The van der Waals surface area contributed by atoms with E-state index in [2.05, 4.69) is 5.32 Å². The largest absolute Gasteiger partial charge is 0.331 e. The fourth-order valence-electron chi connectivity index (χ4n) is 2.83. The van der Waals surface area contributed by atoms with E-state index in [1.165, 1.54) is 13.3 Å². The van der Waals surface area contributed by atoms with Crippen molar-refractivity contribution in [2.24, 2.45) is 0 Å². The molecule has 4 nitrogen and oxygen atoms in total. The van der Waals surface area contributed by atoms with Gasteiger partial charge in [-0.15, -0.1) is 0 Å². The average Bonchev–Trinajstić information content (AvgIpc) is 2.49. The van der Waals surface area contributed by atoms with Crippen LogP contribution in [0.25, 0.3) is 0 Å². The van der Waals surface area contributed by atoms with Crippen LogP contribution in [0.4, 0.5) is 5.69 Å². The summed E-state index contributed by atoms with van der Waals surface area (Å²) in [7, 11) is 0. The van der Waals surface area contributed by atoms with Gasteiger partial charge in [0, 0.05) is 18.0 Å². The van der Waals surface area contributed by atoms with Gasteiger partial charge in [0.25, 0.3) is 0 Å². The first-order valence-corrected chi connectivity index (χ1v) is 8.25. The maximum absolute atomic E-state index is 12.2. The van der Waals surface area contributed by atoms with Crippen LogP contribution in [-0.4, -0.2) is 29.3 Å². The van der Waals surface area contributed by atoms with Gasteiger partial charge in [-0.05, 0) is 31.0 Å². The second kappa shape index (κ2) is 7.84. The third kappa shape index (κ3) is 4.62. The van der Waals surface area contributed by atoms with Crippen molar-refractivity contribution in [2.45, 2.75) is 45.1 Å². The summed E-state index contributed by atoms with van der Waals surface area (Å²) >= 11 is 11.9. The fraction of sp³-hybridized carbons (Fsp3) is 0.500. The van der Waals surface area contributed by atoms with Crippen LogP contribution in [0.2, 0.25) is 10.0 Å². The van der Waals surface area contributed by atoms with E-state index in [0.29, 0.717) is 15.7 Å². The van der Waals surface area contributed by atoms with Gasteiger partial charge in [0.1, 0.15) is 6.54 Å². The van der Waals surface area contributed by atoms with E-state index in [1.54, 1.807) is 23.1 Å². The Morgan fingerprint density at radius 1 is 1.23 bits per heavy atom. The van der Waals surface area contributed by atoms with Gasteiger partial charge in [0.05, 0.1) is 10.7 Å². The molecule has 0 aliphatic heterocycles. The molecule has 0 bridgehead atoms. The minimum atomic E-state index is -0.259. The summed E-state index contributed by atoms with van der Waals surface area (Å²) in [5.74, 6) is -0.329. The lowest BCUT2D eigenvalue weighted by Crippen LogP contribution is -2.44. The van der Waals surface area contributed by atoms with Gasteiger partial charge in [-0.1, -0.05) is 42.5 Å². The monoisotopic (exact) mass is 342 g/mol. The van der Waals surface area contributed by atoms with Crippen LogP contribution in [0.3, 0.4) is 0 Å². The molecule has 0 radical (unpaired) electrons. The van der Waals surface area contributed by atoms with Crippen molar-refractivity contribution in [3.8, 4) is 0 Å². The number of carbonyl (C=O) groups is 2.